The molecule has 4 atom stereocenters. The van der Waals surface area contributed by atoms with Crippen molar-refractivity contribution in [2.75, 3.05) is 6.61 Å². The van der Waals surface area contributed by atoms with Crippen LogP contribution in [0.25, 0.3) is 0 Å². The highest BCUT2D eigenvalue weighted by Gasteiger charge is 2.32. The molecule has 176 valence electrons. The van der Waals surface area contributed by atoms with Gasteiger partial charge in [-0.2, -0.15) is 0 Å². The third kappa shape index (κ3) is 10.4. The Morgan fingerprint density at radius 3 is 1.84 bits per heavy atom. The van der Waals surface area contributed by atoms with Crippen LogP contribution in [-0.4, -0.2) is 81.7 Å². The molecule has 0 bridgehead atoms. The Labute approximate surface area is 177 Å². The van der Waals surface area contributed by atoms with Gasteiger partial charge in [0.2, 0.25) is 23.6 Å². The lowest BCUT2D eigenvalue weighted by Crippen LogP contribution is -2.59. The van der Waals surface area contributed by atoms with E-state index >= 15 is 0 Å². The molecule has 31 heavy (non-hydrogen) atoms. The average molecular weight is 447 g/mol. The van der Waals surface area contributed by atoms with Crippen molar-refractivity contribution >= 4 is 35.6 Å². The third-order valence-electron chi connectivity index (χ3n) is 4.08. The Kier molecular flexibility index (Phi) is 11.7. The van der Waals surface area contributed by atoms with E-state index in [0.717, 1.165) is 0 Å². The number of rotatable bonds is 14. The van der Waals surface area contributed by atoms with Crippen LogP contribution in [0.3, 0.4) is 0 Å². The standard InChI is InChI=1S/C17H29N5O9/c1-7(2)13(16(29)21-10(17(30)31)5-11(19)24)22-15(28)9(3-4-12(25)26)20-14(27)8(18)6-23/h7-10,13,23H,3-6,18H2,1-2H3,(H2,19,24)(H,20,27)(H,21,29)(H,22,28)(H,25,26)(H,30,31). The lowest BCUT2D eigenvalue weighted by molar-refractivity contribution is -0.144. The van der Waals surface area contributed by atoms with Gasteiger partial charge in [-0.25, -0.2) is 4.79 Å². The number of hydrogen-bond donors (Lipinski definition) is 8. The van der Waals surface area contributed by atoms with Gasteiger partial charge in [-0.3, -0.25) is 24.0 Å². The summed E-state index contributed by atoms with van der Waals surface area (Å²) in [6, 6.07) is -5.64. The fourth-order valence-corrected chi connectivity index (χ4v) is 2.35. The van der Waals surface area contributed by atoms with Crippen LogP contribution in [0.15, 0.2) is 0 Å². The number of carbonyl (C=O) groups excluding carboxylic acids is 4. The molecular formula is C17H29N5O9. The number of carbonyl (C=O) groups is 6. The molecule has 0 aromatic rings. The van der Waals surface area contributed by atoms with Gasteiger partial charge in [-0.05, 0) is 12.3 Å². The summed E-state index contributed by atoms with van der Waals surface area (Å²) in [5.41, 5.74) is 10.3. The van der Waals surface area contributed by atoms with Crippen molar-refractivity contribution in [3.8, 4) is 0 Å². The van der Waals surface area contributed by atoms with E-state index in [1.54, 1.807) is 13.8 Å². The van der Waals surface area contributed by atoms with E-state index in [9.17, 15) is 28.8 Å². The van der Waals surface area contributed by atoms with E-state index in [0.29, 0.717) is 0 Å². The molecule has 10 N–H and O–H groups in total. The number of carboxylic acid groups (broad SMARTS) is 2. The number of hydrogen-bond acceptors (Lipinski definition) is 8. The van der Waals surface area contributed by atoms with Crippen molar-refractivity contribution in [3.05, 3.63) is 0 Å². The second-order valence-corrected chi connectivity index (χ2v) is 7.08. The Bertz CT molecular complexity index is 697. The van der Waals surface area contributed by atoms with E-state index in [1.165, 1.54) is 0 Å². The maximum atomic E-state index is 12.6. The highest BCUT2D eigenvalue weighted by molar-refractivity contribution is 5.95. The molecule has 0 aliphatic heterocycles. The summed E-state index contributed by atoms with van der Waals surface area (Å²) in [6.45, 7) is 2.37. The van der Waals surface area contributed by atoms with Gasteiger partial charge in [0.1, 0.15) is 24.2 Å². The summed E-state index contributed by atoms with van der Waals surface area (Å²) in [5.74, 6) is -7.02. The maximum Gasteiger partial charge on any atom is 0.326 e. The summed E-state index contributed by atoms with van der Waals surface area (Å²) < 4.78 is 0. The number of aliphatic carboxylic acids is 2. The van der Waals surface area contributed by atoms with Crippen molar-refractivity contribution in [2.45, 2.75) is 57.3 Å². The molecule has 0 spiro atoms. The van der Waals surface area contributed by atoms with Gasteiger partial charge in [0, 0.05) is 6.42 Å². The van der Waals surface area contributed by atoms with Gasteiger partial charge in [-0.15, -0.1) is 0 Å². The molecule has 4 amide bonds. The number of nitrogens with one attached hydrogen (secondary N) is 3. The number of primary amides is 1. The van der Waals surface area contributed by atoms with E-state index in [1.807, 2.05) is 0 Å². The maximum absolute atomic E-state index is 12.6. The van der Waals surface area contributed by atoms with Crippen LogP contribution >= 0.6 is 0 Å². The number of carboxylic acids is 2. The molecule has 0 radical (unpaired) electrons. The largest absolute Gasteiger partial charge is 0.481 e. The number of aliphatic hydroxyl groups excluding tert-OH is 1. The zero-order chi connectivity index (χ0) is 24.3. The molecule has 0 heterocycles. The van der Waals surface area contributed by atoms with Crippen LogP contribution in [0.5, 0.6) is 0 Å². The Morgan fingerprint density at radius 1 is 0.871 bits per heavy atom. The van der Waals surface area contributed by atoms with Gasteiger partial charge in [0.05, 0.1) is 13.0 Å². The van der Waals surface area contributed by atoms with Crippen molar-refractivity contribution in [2.24, 2.45) is 17.4 Å². The zero-order valence-corrected chi connectivity index (χ0v) is 17.2. The van der Waals surface area contributed by atoms with E-state index in [-0.39, 0.29) is 6.42 Å². The summed E-state index contributed by atoms with van der Waals surface area (Å²) >= 11 is 0. The fraction of sp³-hybridized carbons (Fsp3) is 0.647. The van der Waals surface area contributed by atoms with Crippen LogP contribution in [-0.2, 0) is 28.8 Å². The Hall–Kier alpha value is -3.26. The Balaban J connectivity index is 5.45. The smallest absolute Gasteiger partial charge is 0.326 e. The molecule has 0 saturated heterocycles. The number of nitrogens with two attached hydrogens (primary N) is 2. The summed E-state index contributed by atoms with van der Waals surface area (Å²) in [5, 5.41) is 33.5. The van der Waals surface area contributed by atoms with Crippen LogP contribution in [0.4, 0.5) is 0 Å². The van der Waals surface area contributed by atoms with Crippen molar-refractivity contribution in [1.29, 1.82) is 0 Å². The highest BCUT2D eigenvalue weighted by Crippen LogP contribution is 2.06. The fourth-order valence-electron chi connectivity index (χ4n) is 2.35. The quantitative estimate of drug-likeness (QED) is 0.129. The first-order valence-electron chi connectivity index (χ1n) is 9.30. The molecule has 0 fully saturated rings. The predicted molar refractivity (Wildman–Crippen MR) is 104 cm³/mol. The monoisotopic (exact) mass is 447 g/mol. The molecule has 14 heteroatoms. The zero-order valence-electron chi connectivity index (χ0n) is 17.2. The first kappa shape index (κ1) is 27.7. The summed E-state index contributed by atoms with van der Waals surface area (Å²) in [4.78, 5) is 70.1. The minimum atomic E-state index is -1.62. The second kappa shape index (κ2) is 13.1. The van der Waals surface area contributed by atoms with E-state index < -0.39 is 85.1 Å². The van der Waals surface area contributed by atoms with Gasteiger partial charge in [0.15, 0.2) is 0 Å². The Morgan fingerprint density at radius 2 is 1.42 bits per heavy atom. The van der Waals surface area contributed by atoms with Gasteiger partial charge >= 0.3 is 11.9 Å². The minimum absolute atomic E-state index is 0.336. The second-order valence-electron chi connectivity index (χ2n) is 7.08. The van der Waals surface area contributed by atoms with Gasteiger partial charge in [-0.1, -0.05) is 13.8 Å². The lowest BCUT2D eigenvalue weighted by atomic mass is 10.0. The lowest BCUT2D eigenvalue weighted by Gasteiger charge is -2.26. The molecule has 0 aromatic heterocycles. The number of amides is 4. The minimum Gasteiger partial charge on any atom is -0.481 e. The van der Waals surface area contributed by atoms with Gasteiger partial charge in [0.25, 0.3) is 0 Å². The first-order chi connectivity index (χ1) is 14.3. The van der Waals surface area contributed by atoms with Crippen LogP contribution < -0.4 is 27.4 Å². The van der Waals surface area contributed by atoms with Crippen LogP contribution in [0.1, 0.15) is 33.1 Å². The van der Waals surface area contributed by atoms with Crippen LogP contribution in [0, 0.1) is 5.92 Å². The first-order valence-corrected chi connectivity index (χ1v) is 9.30. The molecule has 14 nitrogen and oxygen atoms in total. The molecule has 4 unspecified atom stereocenters. The number of aliphatic hydroxyl groups is 1. The molecule has 0 aliphatic rings. The molecule has 0 aromatic carbocycles. The predicted octanol–water partition coefficient (Wildman–Crippen LogP) is -3.76. The summed E-state index contributed by atoms with van der Waals surface area (Å²) in [6.07, 6.45) is -1.50. The summed E-state index contributed by atoms with van der Waals surface area (Å²) in [7, 11) is 0. The van der Waals surface area contributed by atoms with Crippen LogP contribution in [0.2, 0.25) is 0 Å². The van der Waals surface area contributed by atoms with Gasteiger partial charge < -0.3 is 42.7 Å². The highest BCUT2D eigenvalue weighted by atomic mass is 16.4. The van der Waals surface area contributed by atoms with E-state index in [2.05, 4.69) is 16.0 Å². The molecule has 0 rings (SSSR count). The average Bonchev–Trinajstić information content (AvgIpc) is 2.66. The SMILES string of the molecule is CC(C)C(NC(=O)C(CCC(=O)O)NC(=O)C(N)CO)C(=O)NC(CC(N)=O)C(=O)O. The molecular weight excluding hydrogens is 418 g/mol. The molecule has 0 saturated carbocycles. The third-order valence-corrected chi connectivity index (χ3v) is 4.08. The van der Waals surface area contributed by atoms with E-state index in [4.69, 9.17) is 26.8 Å². The van der Waals surface area contributed by atoms with Crippen molar-refractivity contribution < 1.29 is 44.1 Å². The molecule has 0 aliphatic carbocycles. The normalized spacial score (nSPS) is 14.6. The van der Waals surface area contributed by atoms with Crippen molar-refractivity contribution in [3.63, 3.8) is 0 Å². The topological polar surface area (TPSA) is 251 Å². The van der Waals surface area contributed by atoms with Crippen molar-refractivity contribution in [1.82, 2.24) is 16.0 Å².